The number of hydrogen-bond donors (Lipinski definition) is 1. The summed E-state index contributed by atoms with van der Waals surface area (Å²) in [4.78, 5) is 37.5. The Bertz CT molecular complexity index is 870. The Morgan fingerprint density at radius 3 is 2.30 bits per heavy atom. The summed E-state index contributed by atoms with van der Waals surface area (Å²) in [6.07, 6.45) is 3.34. The van der Waals surface area contributed by atoms with Gasteiger partial charge in [0.05, 0.1) is 5.56 Å². The van der Waals surface area contributed by atoms with E-state index in [1.54, 1.807) is 53.4 Å². The summed E-state index contributed by atoms with van der Waals surface area (Å²) in [6.45, 7) is 0.724. The topological polar surface area (TPSA) is 75.7 Å². The molecule has 0 atom stereocenters. The van der Waals surface area contributed by atoms with E-state index in [9.17, 15) is 14.4 Å². The molecule has 1 aliphatic carbocycles. The quantitative estimate of drug-likeness (QED) is 0.652. The maximum atomic E-state index is 12.3. The molecule has 6 nitrogen and oxygen atoms in total. The summed E-state index contributed by atoms with van der Waals surface area (Å²) in [5.74, 6) is 0.227. The minimum atomic E-state index is -0.472. The molecule has 1 heterocycles. The van der Waals surface area contributed by atoms with Gasteiger partial charge in [0.25, 0.3) is 0 Å². The minimum absolute atomic E-state index is 0.0295. The maximum Gasteiger partial charge on any atom is 0.343 e. The highest BCUT2D eigenvalue weighted by atomic mass is 16.5. The molecule has 2 aliphatic rings. The first kappa shape index (κ1) is 17.3. The fraction of sp³-hybridized carbons (Fsp3) is 0.286. The summed E-state index contributed by atoms with van der Waals surface area (Å²) in [5, 5.41) is 2.83. The monoisotopic (exact) mass is 364 g/mol. The van der Waals surface area contributed by atoms with Gasteiger partial charge in [-0.1, -0.05) is 0 Å². The molecule has 1 aliphatic heterocycles. The van der Waals surface area contributed by atoms with Crippen LogP contribution in [0.1, 0.15) is 36.0 Å². The number of amides is 2. The minimum Gasteiger partial charge on any atom is -0.423 e. The Morgan fingerprint density at radius 1 is 1.00 bits per heavy atom. The van der Waals surface area contributed by atoms with Crippen LogP contribution in [0.5, 0.6) is 5.75 Å². The zero-order valence-electron chi connectivity index (χ0n) is 14.8. The average molecular weight is 364 g/mol. The van der Waals surface area contributed by atoms with Gasteiger partial charge in [0.15, 0.2) is 0 Å². The standard InChI is InChI=1S/C21H20N2O4/c24-19-2-1-13-23(19)17-9-11-18(12-10-17)27-21(26)15-5-7-16(8-6-15)22-20(25)14-3-4-14/h5-12,14H,1-4,13H2,(H,22,25). The number of carbonyl (C=O) groups excluding carboxylic acids is 3. The van der Waals surface area contributed by atoms with Gasteiger partial charge < -0.3 is 15.0 Å². The van der Waals surface area contributed by atoms with E-state index in [1.807, 2.05) is 0 Å². The molecule has 2 aromatic rings. The van der Waals surface area contributed by atoms with E-state index in [1.165, 1.54) is 0 Å². The fourth-order valence-electron chi connectivity index (χ4n) is 3.06. The highest BCUT2D eigenvalue weighted by Gasteiger charge is 2.29. The number of benzene rings is 2. The van der Waals surface area contributed by atoms with E-state index in [2.05, 4.69) is 5.32 Å². The summed E-state index contributed by atoms with van der Waals surface area (Å²) in [5.41, 5.74) is 1.88. The molecule has 2 aromatic carbocycles. The largest absolute Gasteiger partial charge is 0.423 e. The highest BCUT2D eigenvalue weighted by molar-refractivity contribution is 5.96. The molecule has 0 aromatic heterocycles. The Balaban J connectivity index is 1.36. The molecule has 1 saturated heterocycles. The number of rotatable bonds is 5. The first-order valence-electron chi connectivity index (χ1n) is 9.14. The average Bonchev–Trinajstić information content (AvgIpc) is 3.45. The van der Waals surface area contributed by atoms with E-state index < -0.39 is 5.97 Å². The second kappa shape index (κ2) is 7.23. The van der Waals surface area contributed by atoms with Gasteiger partial charge in [0.2, 0.25) is 11.8 Å². The Labute approximate surface area is 157 Å². The highest BCUT2D eigenvalue weighted by Crippen LogP contribution is 2.30. The predicted molar refractivity (Wildman–Crippen MR) is 101 cm³/mol. The number of carbonyl (C=O) groups is 3. The third-order valence-electron chi connectivity index (χ3n) is 4.77. The van der Waals surface area contributed by atoms with Crippen molar-refractivity contribution in [3.05, 3.63) is 54.1 Å². The Kier molecular flexibility index (Phi) is 4.62. The number of esters is 1. The van der Waals surface area contributed by atoms with Crippen molar-refractivity contribution >= 4 is 29.2 Å². The van der Waals surface area contributed by atoms with Gasteiger partial charge in [0.1, 0.15) is 5.75 Å². The molecule has 1 saturated carbocycles. The number of nitrogens with zero attached hydrogens (tertiary/aromatic N) is 1. The Morgan fingerprint density at radius 2 is 1.70 bits per heavy atom. The number of ether oxygens (including phenoxy) is 1. The van der Waals surface area contributed by atoms with Gasteiger partial charge in [-0.3, -0.25) is 9.59 Å². The molecule has 0 radical (unpaired) electrons. The van der Waals surface area contributed by atoms with Crippen LogP contribution in [0.15, 0.2) is 48.5 Å². The van der Waals surface area contributed by atoms with E-state index in [4.69, 9.17) is 4.74 Å². The van der Waals surface area contributed by atoms with Gasteiger partial charge >= 0.3 is 5.97 Å². The van der Waals surface area contributed by atoms with Crippen molar-refractivity contribution in [1.82, 2.24) is 0 Å². The summed E-state index contributed by atoms with van der Waals surface area (Å²) >= 11 is 0. The van der Waals surface area contributed by atoms with E-state index >= 15 is 0 Å². The molecule has 27 heavy (non-hydrogen) atoms. The van der Waals surface area contributed by atoms with E-state index in [0.29, 0.717) is 23.4 Å². The van der Waals surface area contributed by atoms with Gasteiger partial charge in [-0.15, -0.1) is 0 Å². The van der Waals surface area contributed by atoms with Gasteiger partial charge in [-0.2, -0.15) is 0 Å². The third kappa shape index (κ3) is 4.00. The van der Waals surface area contributed by atoms with Crippen LogP contribution in [-0.2, 0) is 9.59 Å². The van der Waals surface area contributed by atoms with Crippen LogP contribution in [0, 0.1) is 5.92 Å². The van der Waals surface area contributed by atoms with Crippen molar-refractivity contribution in [2.75, 3.05) is 16.8 Å². The lowest BCUT2D eigenvalue weighted by Gasteiger charge is -2.15. The van der Waals surface area contributed by atoms with Crippen LogP contribution in [0.3, 0.4) is 0 Å². The van der Waals surface area contributed by atoms with Crippen molar-refractivity contribution in [2.45, 2.75) is 25.7 Å². The SMILES string of the molecule is O=C(Oc1ccc(N2CCCC2=O)cc1)c1ccc(NC(=O)C2CC2)cc1. The number of anilines is 2. The van der Waals surface area contributed by atoms with Crippen LogP contribution < -0.4 is 15.0 Å². The molecular formula is C21H20N2O4. The second-order valence-corrected chi connectivity index (χ2v) is 6.87. The van der Waals surface area contributed by atoms with Crippen LogP contribution in [0.4, 0.5) is 11.4 Å². The molecule has 138 valence electrons. The Hall–Kier alpha value is -3.15. The summed E-state index contributed by atoms with van der Waals surface area (Å²) in [6, 6.07) is 13.6. The first-order chi connectivity index (χ1) is 13.1. The predicted octanol–water partition coefficient (Wildman–Crippen LogP) is 3.38. The van der Waals surface area contributed by atoms with Crippen LogP contribution >= 0.6 is 0 Å². The second-order valence-electron chi connectivity index (χ2n) is 6.87. The molecule has 6 heteroatoms. The van der Waals surface area contributed by atoms with Crippen molar-refractivity contribution in [1.29, 1.82) is 0 Å². The summed E-state index contributed by atoms with van der Waals surface area (Å²) < 4.78 is 5.38. The lowest BCUT2D eigenvalue weighted by Crippen LogP contribution is -2.23. The van der Waals surface area contributed by atoms with Crippen LogP contribution in [-0.4, -0.2) is 24.3 Å². The molecule has 2 amide bonds. The fourth-order valence-corrected chi connectivity index (χ4v) is 3.06. The van der Waals surface area contributed by atoms with E-state index in [-0.39, 0.29) is 17.7 Å². The van der Waals surface area contributed by atoms with Gasteiger partial charge in [-0.25, -0.2) is 4.79 Å². The molecule has 4 rings (SSSR count). The van der Waals surface area contributed by atoms with Crippen molar-refractivity contribution in [3.8, 4) is 5.75 Å². The molecular weight excluding hydrogens is 344 g/mol. The van der Waals surface area contributed by atoms with Crippen molar-refractivity contribution in [2.24, 2.45) is 5.92 Å². The van der Waals surface area contributed by atoms with E-state index in [0.717, 1.165) is 31.5 Å². The summed E-state index contributed by atoms with van der Waals surface area (Å²) in [7, 11) is 0. The third-order valence-corrected chi connectivity index (χ3v) is 4.77. The number of hydrogen-bond acceptors (Lipinski definition) is 4. The van der Waals surface area contributed by atoms with Gasteiger partial charge in [0, 0.05) is 30.3 Å². The lowest BCUT2D eigenvalue weighted by molar-refractivity contribution is -0.118. The smallest absolute Gasteiger partial charge is 0.343 e. The van der Waals surface area contributed by atoms with Gasteiger partial charge in [-0.05, 0) is 67.8 Å². The first-order valence-corrected chi connectivity index (χ1v) is 9.14. The molecule has 0 unspecified atom stereocenters. The zero-order valence-corrected chi connectivity index (χ0v) is 14.8. The molecule has 2 fully saturated rings. The van der Waals surface area contributed by atoms with Crippen molar-refractivity contribution in [3.63, 3.8) is 0 Å². The lowest BCUT2D eigenvalue weighted by atomic mass is 10.2. The number of nitrogens with one attached hydrogen (secondary N) is 1. The van der Waals surface area contributed by atoms with Crippen LogP contribution in [0.25, 0.3) is 0 Å². The molecule has 0 spiro atoms. The maximum absolute atomic E-state index is 12.3. The zero-order chi connectivity index (χ0) is 18.8. The molecule has 1 N–H and O–H groups in total. The van der Waals surface area contributed by atoms with Crippen molar-refractivity contribution < 1.29 is 19.1 Å². The molecule has 0 bridgehead atoms. The normalized spacial score (nSPS) is 16.3. The van der Waals surface area contributed by atoms with Crippen LogP contribution in [0.2, 0.25) is 0 Å².